The summed E-state index contributed by atoms with van der Waals surface area (Å²) in [4.78, 5) is 4.72. The summed E-state index contributed by atoms with van der Waals surface area (Å²) in [5.74, 6) is 0. The average molecular weight is 277 g/mol. The average Bonchev–Trinajstić information content (AvgIpc) is 2.52. The third kappa shape index (κ3) is 2.57. The van der Waals surface area contributed by atoms with Crippen LogP contribution in [0.15, 0.2) is 42.5 Å². The maximum Gasteiger partial charge on any atom is 0.0991 e. The fourth-order valence-electron chi connectivity index (χ4n) is 2.88. The van der Waals surface area contributed by atoms with E-state index in [0.717, 1.165) is 25.2 Å². The van der Waals surface area contributed by atoms with Gasteiger partial charge in [-0.2, -0.15) is 5.26 Å². The van der Waals surface area contributed by atoms with E-state index in [4.69, 9.17) is 5.26 Å². The molecule has 106 valence electrons. The number of nitrogens with zero attached hydrogens (tertiary/aromatic N) is 3. The van der Waals surface area contributed by atoms with Crippen LogP contribution >= 0.6 is 0 Å². The summed E-state index contributed by atoms with van der Waals surface area (Å²) in [5.41, 5.74) is 5.78. The van der Waals surface area contributed by atoms with Gasteiger partial charge in [0, 0.05) is 26.7 Å². The number of benzene rings is 2. The van der Waals surface area contributed by atoms with Gasteiger partial charge in [-0.05, 0) is 42.3 Å². The summed E-state index contributed by atoms with van der Waals surface area (Å²) < 4.78 is 0. The molecule has 0 atom stereocenters. The molecule has 2 aromatic rings. The summed E-state index contributed by atoms with van der Waals surface area (Å²) in [7, 11) is 2.14. The van der Waals surface area contributed by atoms with Gasteiger partial charge in [-0.15, -0.1) is 0 Å². The molecule has 0 aliphatic carbocycles. The number of fused-ring (bicyclic) bond motifs is 1. The molecule has 0 saturated carbocycles. The van der Waals surface area contributed by atoms with Gasteiger partial charge >= 0.3 is 0 Å². The van der Waals surface area contributed by atoms with Crippen LogP contribution < -0.4 is 9.80 Å². The van der Waals surface area contributed by atoms with Gasteiger partial charge in [-0.1, -0.05) is 18.2 Å². The van der Waals surface area contributed by atoms with Crippen molar-refractivity contribution in [2.45, 2.75) is 13.5 Å². The van der Waals surface area contributed by atoms with Gasteiger partial charge in [0.25, 0.3) is 0 Å². The Bertz CT molecular complexity index is 700. The van der Waals surface area contributed by atoms with Gasteiger partial charge in [0.05, 0.1) is 23.0 Å². The first-order valence-corrected chi connectivity index (χ1v) is 7.24. The van der Waals surface area contributed by atoms with Crippen LogP contribution in [-0.4, -0.2) is 20.1 Å². The van der Waals surface area contributed by atoms with E-state index in [1.165, 1.54) is 22.5 Å². The molecular formula is C18H19N3. The molecule has 1 aliphatic heterocycles. The Morgan fingerprint density at radius 2 is 1.86 bits per heavy atom. The zero-order valence-electron chi connectivity index (χ0n) is 12.5. The molecule has 1 aliphatic rings. The Morgan fingerprint density at radius 1 is 1.10 bits per heavy atom. The van der Waals surface area contributed by atoms with Gasteiger partial charge < -0.3 is 9.80 Å². The Balaban J connectivity index is 1.90. The molecule has 0 spiro atoms. The SMILES string of the molecule is Cc1cc(C#N)ccc1CN1CCN(C)c2ccccc21. The number of anilines is 2. The highest BCUT2D eigenvalue weighted by Gasteiger charge is 2.20. The first-order valence-electron chi connectivity index (χ1n) is 7.24. The number of nitriles is 1. The molecule has 0 amide bonds. The van der Waals surface area contributed by atoms with Crippen molar-refractivity contribution in [2.24, 2.45) is 0 Å². The highest BCUT2D eigenvalue weighted by Crippen LogP contribution is 2.33. The van der Waals surface area contributed by atoms with Crippen molar-refractivity contribution in [3.05, 3.63) is 59.2 Å². The first kappa shape index (κ1) is 13.5. The molecule has 3 nitrogen and oxygen atoms in total. The van der Waals surface area contributed by atoms with E-state index in [-0.39, 0.29) is 0 Å². The maximum absolute atomic E-state index is 8.97. The number of para-hydroxylation sites is 2. The van der Waals surface area contributed by atoms with Crippen LogP contribution in [0.3, 0.4) is 0 Å². The monoisotopic (exact) mass is 277 g/mol. The minimum Gasteiger partial charge on any atom is -0.371 e. The highest BCUT2D eigenvalue weighted by atomic mass is 15.2. The highest BCUT2D eigenvalue weighted by molar-refractivity contribution is 5.73. The van der Waals surface area contributed by atoms with Gasteiger partial charge in [0.15, 0.2) is 0 Å². The molecule has 0 unspecified atom stereocenters. The topological polar surface area (TPSA) is 30.3 Å². The number of likely N-dealkylation sites (N-methyl/N-ethyl adjacent to an activating group) is 1. The van der Waals surface area contributed by atoms with E-state index in [2.05, 4.69) is 60.2 Å². The number of hydrogen-bond acceptors (Lipinski definition) is 3. The van der Waals surface area contributed by atoms with Gasteiger partial charge in [0.1, 0.15) is 0 Å². The van der Waals surface area contributed by atoms with Crippen molar-refractivity contribution in [3.63, 3.8) is 0 Å². The minimum atomic E-state index is 0.732. The Kier molecular flexibility index (Phi) is 3.53. The molecule has 0 aromatic heterocycles. The van der Waals surface area contributed by atoms with E-state index in [1.54, 1.807) is 0 Å². The van der Waals surface area contributed by atoms with Gasteiger partial charge in [-0.25, -0.2) is 0 Å². The lowest BCUT2D eigenvalue weighted by Gasteiger charge is -2.37. The second-order valence-corrected chi connectivity index (χ2v) is 5.58. The number of aryl methyl sites for hydroxylation is 1. The van der Waals surface area contributed by atoms with Crippen molar-refractivity contribution in [2.75, 3.05) is 29.9 Å². The summed E-state index contributed by atoms with van der Waals surface area (Å²) in [6, 6.07) is 16.7. The van der Waals surface area contributed by atoms with E-state index in [9.17, 15) is 0 Å². The van der Waals surface area contributed by atoms with E-state index < -0.39 is 0 Å². The quantitative estimate of drug-likeness (QED) is 0.843. The molecule has 0 fully saturated rings. The van der Waals surface area contributed by atoms with Crippen molar-refractivity contribution < 1.29 is 0 Å². The molecule has 1 heterocycles. The number of hydrogen-bond donors (Lipinski definition) is 0. The molecule has 3 rings (SSSR count). The fraction of sp³-hybridized carbons (Fsp3) is 0.278. The summed E-state index contributed by atoms with van der Waals surface area (Å²) in [6.45, 7) is 5.03. The van der Waals surface area contributed by atoms with Crippen molar-refractivity contribution >= 4 is 11.4 Å². The van der Waals surface area contributed by atoms with E-state index in [1.807, 2.05) is 12.1 Å². The second-order valence-electron chi connectivity index (χ2n) is 5.58. The molecule has 2 aromatic carbocycles. The lowest BCUT2D eigenvalue weighted by Crippen LogP contribution is -2.38. The summed E-state index contributed by atoms with van der Waals surface area (Å²) in [6.07, 6.45) is 0. The van der Waals surface area contributed by atoms with E-state index >= 15 is 0 Å². The number of rotatable bonds is 2. The van der Waals surface area contributed by atoms with Gasteiger partial charge in [-0.3, -0.25) is 0 Å². The van der Waals surface area contributed by atoms with Crippen molar-refractivity contribution in [3.8, 4) is 6.07 Å². The predicted molar refractivity (Wildman–Crippen MR) is 86.7 cm³/mol. The zero-order chi connectivity index (χ0) is 14.8. The van der Waals surface area contributed by atoms with Crippen LogP contribution in [0.1, 0.15) is 16.7 Å². The summed E-state index contributed by atoms with van der Waals surface area (Å²) in [5, 5.41) is 8.97. The standard InChI is InChI=1S/C18H19N3/c1-14-11-15(12-19)7-8-16(14)13-21-10-9-20(2)17-5-3-4-6-18(17)21/h3-8,11H,9-10,13H2,1-2H3. The minimum absolute atomic E-state index is 0.732. The zero-order valence-corrected chi connectivity index (χ0v) is 12.5. The molecule has 3 heteroatoms. The lowest BCUT2D eigenvalue weighted by molar-refractivity contribution is 0.733. The Hall–Kier alpha value is -2.47. The molecular weight excluding hydrogens is 258 g/mol. The van der Waals surface area contributed by atoms with Crippen LogP contribution in [-0.2, 0) is 6.54 Å². The van der Waals surface area contributed by atoms with E-state index in [0.29, 0.717) is 0 Å². The van der Waals surface area contributed by atoms with Crippen LogP contribution in [0.25, 0.3) is 0 Å². The molecule has 0 N–H and O–H groups in total. The molecule has 0 bridgehead atoms. The van der Waals surface area contributed by atoms with Crippen LogP contribution in [0, 0.1) is 18.3 Å². The van der Waals surface area contributed by atoms with Gasteiger partial charge in [0.2, 0.25) is 0 Å². The summed E-state index contributed by atoms with van der Waals surface area (Å²) >= 11 is 0. The third-order valence-corrected chi connectivity index (χ3v) is 4.17. The molecule has 0 saturated heterocycles. The normalized spacial score (nSPS) is 13.8. The molecule has 0 radical (unpaired) electrons. The predicted octanol–water partition coefficient (Wildman–Crippen LogP) is 3.32. The Labute approximate surface area is 126 Å². The van der Waals surface area contributed by atoms with Crippen LogP contribution in [0.4, 0.5) is 11.4 Å². The van der Waals surface area contributed by atoms with Crippen molar-refractivity contribution in [1.82, 2.24) is 0 Å². The molecule has 21 heavy (non-hydrogen) atoms. The van der Waals surface area contributed by atoms with Crippen LogP contribution in [0.5, 0.6) is 0 Å². The lowest BCUT2D eigenvalue weighted by atomic mass is 10.0. The largest absolute Gasteiger partial charge is 0.371 e. The first-order chi connectivity index (χ1) is 10.2. The third-order valence-electron chi connectivity index (χ3n) is 4.17. The maximum atomic E-state index is 8.97. The smallest absolute Gasteiger partial charge is 0.0991 e. The fourth-order valence-corrected chi connectivity index (χ4v) is 2.88. The van der Waals surface area contributed by atoms with Crippen LogP contribution in [0.2, 0.25) is 0 Å². The second kappa shape index (κ2) is 5.49. The van der Waals surface area contributed by atoms with Crippen molar-refractivity contribution in [1.29, 1.82) is 5.26 Å². The Morgan fingerprint density at radius 3 is 2.57 bits per heavy atom.